The van der Waals surface area contributed by atoms with Crippen molar-refractivity contribution < 1.29 is 14.5 Å². The van der Waals surface area contributed by atoms with E-state index >= 15 is 0 Å². The van der Waals surface area contributed by atoms with Crippen LogP contribution in [0.5, 0.6) is 5.75 Å². The van der Waals surface area contributed by atoms with E-state index in [1.54, 1.807) is 0 Å². The topological polar surface area (TPSA) is 110 Å². The van der Waals surface area contributed by atoms with Crippen molar-refractivity contribution in [1.82, 2.24) is 15.3 Å². The number of benzene rings is 2. The maximum absolute atomic E-state index is 12.2. The second kappa shape index (κ2) is 7.64. The van der Waals surface area contributed by atoms with E-state index in [1.807, 2.05) is 24.3 Å². The summed E-state index contributed by atoms with van der Waals surface area (Å²) in [6.07, 6.45) is 1.39. The lowest BCUT2D eigenvalue weighted by atomic mass is 10.1. The van der Waals surface area contributed by atoms with Crippen LogP contribution in [0.25, 0.3) is 11.0 Å². The molecule has 8 nitrogen and oxygen atoms in total. The van der Waals surface area contributed by atoms with E-state index in [0.29, 0.717) is 19.4 Å². The molecule has 134 valence electrons. The third-order valence-corrected chi connectivity index (χ3v) is 3.95. The molecule has 3 aromatic rings. The van der Waals surface area contributed by atoms with Gasteiger partial charge >= 0.3 is 5.69 Å². The van der Waals surface area contributed by atoms with Crippen LogP contribution < -0.4 is 10.1 Å². The zero-order valence-electron chi connectivity index (χ0n) is 14.2. The fourth-order valence-electron chi connectivity index (χ4n) is 2.66. The molecule has 0 saturated heterocycles. The van der Waals surface area contributed by atoms with Crippen LogP contribution in [0.4, 0.5) is 5.69 Å². The molecule has 0 aliphatic heterocycles. The average molecular weight is 354 g/mol. The summed E-state index contributed by atoms with van der Waals surface area (Å²) in [5.41, 5.74) is 1.89. The van der Waals surface area contributed by atoms with Gasteiger partial charge in [0.05, 0.1) is 23.1 Å². The van der Waals surface area contributed by atoms with Crippen LogP contribution in [0.15, 0.2) is 42.5 Å². The number of aryl methyl sites for hydroxylation is 1. The Bertz CT molecular complexity index is 918. The van der Waals surface area contributed by atoms with Gasteiger partial charge in [0, 0.05) is 24.6 Å². The van der Waals surface area contributed by atoms with E-state index in [1.165, 1.54) is 25.3 Å². The van der Waals surface area contributed by atoms with Gasteiger partial charge in [-0.05, 0) is 30.7 Å². The standard InChI is InChI=1S/C18H18N4O4/c1-26-16-9-8-12(11-15(16)22(24)25)18(23)19-10-4-7-17-20-13-5-2-3-6-14(13)21-17/h2-3,5-6,8-9,11H,4,7,10H2,1H3,(H,19,23)(H,20,21). The Kier molecular flexibility index (Phi) is 5.12. The second-order valence-corrected chi connectivity index (χ2v) is 5.70. The van der Waals surface area contributed by atoms with Gasteiger partial charge in [0.1, 0.15) is 5.82 Å². The molecule has 0 saturated carbocycles. The van der Waals surface area contributed by atoms with Gasteiger partial charge in [-0.15, -0.1) is 0 Å². The highest BCUT2D eigenvalue weighted by Gasteiger charge is 2.17. The highest BCUT2D eigenvalue weighted by atomic mass is 16.6. The average Bonchev–Trinajstić information content (AvgIpc) is 3.07. The molecule has 0 spiro atoms. The normalized spacial score (nSPS) is 10.7. The van der Waals surface area contributed by atoms with Crippen molar-refractivity contribution in [3.05, 3.63) is 64.0 Å². The summed E-state index contributed by atoms with van der Waals surface area (Å²) in [5, 5.41) is 13.8. The first-order chi connectivity index (χ1) is 12.6. The zero-order chi connectivity index (χ0) is 18.5. The third kappa shape index (κ3) is 3.80. The van der Waals surface area contributed by atoms with Gasteiger partial charge < -0.3 is 15.0 Å². The fraction of sp³-hybridized carbons (Fsp3) is 0.222. The fourth-order valence-corrected chi connectivity index (χ4v) is 2.66. The second-order valence-electron chi connectivity index (χ2n) is 5.70. The quantitative estimate of drug-likeness (QED) is 0.385. The lowest BCUT2D eigenvalue weighted by Gasteiger charge is -2.06. The van der Waals surface area contributed by atoms with Crippen molar-refractivity contribution in [2.75, 3.05) is 13.7 Å². The Morgan fingerprint density at radius 2 is 2.12 bits per heavy atom. The number of rotatable bonds is 7. The van der Waals surface area contributed by atoms with Crippen LogP contribution in [0.3, 0.4) is 0 Å². The van der Waals surface area contributed by atoms with Gasteiger partial charge in [0.25, 0.3) is 5.91 Å². The van der Waals surface area contributed by atoms with E-state index in [9.17, 15) is 14.9 Å². The van der Waals surface area contributed by atoms with Crippen molar-refractivity contribution in [3.63, 3.8) is 0 Å². The molecule has 0 unspecified atom stereocenters. The zero-order valence-corrected chi connectivity index (χ0v) is 14.2. The predicted octanol–water partition coefficient (Wildman–Crippen LogP) is 2.84. The predicted molar refractivity (Wildman–Crippen MR) is 96.4 cm³/mol. The largest absolute Gasteiger partial charge is 0.490 e. The van der Waals surface area contributed by atoms with E-state index < -0.39 is 4.92 Å². The van der Waals surface area contributed by atoms with Gasteiger partial charge in [0.15, 0.2) is 5.75 Å². The molecule has 0 radical (unpaired) electrons. The number of nitrogens with one attached hydrogen (secondary N) is 2. The smallest absolute Gasteiger partial charge is 0.311 e. The molecule has 26 heavy (non-hydrogen) atoms. The number of nitrogens with zero attached hydrogens (tertiary/aromatic N) is 2. The number of aromatic nitrogens is 2. The Morgan fingerprint density at radius 1 is 1.31 bits per heavy atom. The van der Waals surface area contributed by atoms with E-state index in [4.69, 9.17) is 4.74 Å². The molecular weight excluding hydrogens is 336 g/mol. The Morgan fingerprint density at radius 3 is 2.85 bits per heavy atom. The van der Waals surface area contributed by atoms with Crippen molar-refractivity contribution in [2.45, 2.75) is 12.8 Å². The maximum Gasteiger partial charge on any atom is 0.311 e. The van der Waals surface area contributed by atoms with Crippen molar-refractivity contribution in [3.8, 4) is 5.75 Å². The number of nitro groups is 1. The van der Waals surface area contributed by atoms with Gasteiger partial charge in [-0.25, -0.2) is 4.98 Å². The van der Waals surface area contributed by atoms with Crippen molar-refractivity contribution >= 4 is 22.6 Å². The number of carbonyl (C=O) groups excluding carboxylic acids is 1. The molecule has 2 N–H and O–H groups in total. The number of para-hydroxylation sites is 2. The van der Waals surface area contributed by atoms with Crippen molar-refractivity contribution in [1.29, 1.82) is 0 Å². The minimum atomic E-state index is -0.572. The Labute approximate surface area is 149 Å². The number of imidazole rings is 1. The number of hydrogen-bond acceptors (Lipinski definition) is 5. The first-order valence-electron chi connectivity index (χ1n) is 8.12. The number of hydrogen-bond donors (Lipinski definition) is 2. The molecule has 8 heteroatoms. The SMILES string of the molecule is COc1ccc(C(=O)NCCCc2nc3ccccc3[nH]2)cc1[N+](=O)[O-]. The lowest BCUT2D eigenvalue weighted by Crippen LogP contribution is -2.24. The van der Waals surface area contributed by atoms with Crippen molar-refractivity contribution in [2.24, 2.45) is 0 Å². The van der Waals surface area contributed by atoms with E-state index in [2.05, 4.69) is 15.3 Å². The number of nitro benzene ring substituents is 1. The number of fused-ring (bicyclic) bond motifs is 1. The molecule has 1 aromatic heterocycles. The van der Waals surface area contributed by atoms with Crippen LogP contribution in [0.2, 0.25) is 0 Å². The monoisotopic (exact) mass is 354 g/mol. The summed E-state index contributed by atoms with van der Waals surface area (Å²) >= 11 is 0. The first-order valence-corrected chi connectivity index (χ1v) is 8.12. The van der Waals surface area contributed by atoms with Crippen LogP contribution in [0, 0.1) is 10.1 Å². The van der Waals surface area contributed by atoms with Crippen LogP contribution in [0.1, 0.15) is 22.6 Å². The highest BCUT2D eigenvalue weighted by Crippen LogP contribution is 2.27. The van der Waals surface area contributed by atoms with Gasteiger partial charge in [-0.1, -0.05) is 12.1 Å². The number of aromatic amines is 1. The number of carbonyl (C=O) groups is 1. The van der Waals surface area contributed by atoms with Gasteiger partial charge in [-0.2, -0.15) is 0 Å². The summed E-state index contributed by atoms with van der Waals surface area (Å²) in [4.78, 5) is 30.3. The molecule has 0 bridgehead atoms. The molecule has 0 fully saturated rings. The molecule has 1 heterocycles. The molecule has 0 aliphatic carbocycles. The third-order valence-electron chi connectivity index (χ3n) is 3.95. The Balaban J connectivity index is 1.55. The maximum atomic E-state index is 12.2. The summed E-state index contributed by atoms with van der Waals surface area (Å²) in [6, 6.07) is 11.9. The van der Waals surface area contributed by atoms with Crippen LogP contribution in [-0.2, 0) is 6.42 Å². The Hall–Kier alpha value is -3.42. The van der Waals surface area contributed by atoms with Crippen LogP contribution >= 0.6 is 0 Å². The molecule has 0 atom stereocenters. The van der Waals surface area contributed by atoms with Gasteiger partial charge in [-0.3, -0.25) is 14.9 Å². The molecular formula is C18H18N4O4. The number of amides is 1. The number of H-pyrrole nitrogens is 1. The molecule has 3 rings (SSSR count). The molecule has 1 amide bonds. The van der Waals surface area contributed by atoms with E-state index in [0.717, 1.165) is 16.9 Å². The lowest BCUT2D eigenvalue weighted by molar-refractivity contribution is -0.385. The summed E-state index contributed by atoms with van der Waals surface area (Å²) in [7, 11) is 1.35. The number of methoxy groups -OCH3 is 1. The minimum Gasteiger partial charge on any atom is -0.490 e. The minimum absolute atomic E-state index is 0.122. The van der Waals surface area contributed by atoms with Gasteiger partial charge in [0.2, 0.25) is 0 Å². The molecule has 2 aromatic carbocycles. The molecule has 0 aliphatic rings. The summed E-state index contributed by atoms with van der Waals surface area (Å²) in [6.45, 7) is 0.440. The summed E-state index contributed by atoms with van der Waals surface area (Å²) < 4.78 is 4.93. The highest BCUT2D eigenvalue weighted by molar-refractivity contribution is 5.95. The summed E-state index contributed by atoms with van der Waals surface area (Å²) in [5.74, 6) is 0.623. The van der Waals surface area contributed by atoms with Crippen LogP contribution in [-0.4, -0.2) is 34.5 Å². The number of ether oxygens (including phenoxy) is 1. The first kappa shape index (κ1) is 17.4. The van der Waals surface area contributed by atoms with E-state index in [-0.39, 0.29) is 22.9 Å².